The molecule has 29 heavy (non-hydrogen) atoms. The smallest absolute Gasteiger partial charge is 0.325 e. The van der Waals surface area contributed by atoms with E-state index in [1.54, 1.807) is 6.92 Å². The number of amides is 1. The van der Waals surface area contributed by atoms with E-state index in [-0.39, 0.29) is 11.4 Å². The number of anilines is 1. The molecule has 2 aromatic carbocycles. The van der Waals surface area contributed by atoms with Crippen LogP contribution in [0.5, 0.6) is 0 Å². The Balaban J connectivity index is 1.75. The quantitative estimate of drug-likeness (QED) is 0.594. The monoisotopic (exact) mass is 420 g/mol. The van der Waals surface area contributed by atoms with Gasteiger partial charge in [-0.25, -0.2) is 0 Å². The maximum Gasteiger partial charge on any atom is 0.418 e. The highest BCUT2D eigenvalue weighted by molar-refractivity contribution is 7.99. The molecule has 0 radical (unpaired) electrons. The van der Waals surface area contributed by atoms with Gasteiger partial charge in [-0.1, -0.05) is 30.0 Å². The molecule has 0 atom stereocenters. The summed E-state index contributed by atoms with van der Waals surface area (Å²) in [5.41, 5.74) is 1.97. The van der Waals surface area contributed by atoms with E-state index in [0.29, 0.717) is 11.0 Å². The van der Waals surface area contributed by atoms with Crippen LogP contribution in [-0.4, -0.2) is 26.4 Å². The number of aromatic nitrogens is 3. The maximum absolute atomic E-state index is 13.1. The van der Waals surface area contributed by atoms with Gasteiger partial charge in [0.25, 0.3) is 0 Å². The Labute approximate surface area is 170 Å². The number of carbonyl (C=O) groups excluding carboxylic acids is 1. The van der Waals surface area contributed by atoms with Crippen molar-refractivity contribution >= 4 is 23.4 Å². The van der Waals surface area contributed by atoms with E-state index in [4.69, 9.17) is 0 Å². The van der Waals surface area contributed by atoms with Gasteiger partial charge in [0.15, 0.2) is 5.16 Å². The van der Waals surface area contributed by atoms with Gasteiger partial charge in [0.05, 0.1) is 17.0 Å². The Morgan fingerprint density at radius 3 is 2.48 bits per heavy atom. The van der Waals surface area contributed by atoms with Crippen LogP contribution in [0.2, 0.25) is 0 Å². The molecule has 1 aromatic heterocycles. The first-order valence-electron chi connectivity index (χ1n) is 8.75. The fourth-order valence-corrected chi connectivity index (χ4v) is 3.55. The fraction of sp³-hybridized carbons (Fsp3) is 0.250. The number of rotatable bonds is 5. The summed E-state index contributed by atoms with van der Waals surface area (Å²) in [5.74, 6) is -0.00705. The van der Waals surface area contributed by atoms with Gasteiger partial charge in [0.1, 0.15) is 5.82 Å². The molecular formula is C20H19F3N4OS. The third-order valence-electron chi connectivity index (χ3n) is 4.38. The molecule has 1 N–H and O–H groups in total. The summed E-state index contributed by atoms with van der Waals surface area (Å²) in [6.07, 6.45) is -4.54. The number of halogens is 3. The predicted molar refractivity (Wildman–Crippen MR) is 106 cm³/mol. The molecule has 1 heterocycles. The zero-order chi connectivity index (χ0) is 21.2. The number of nitrogens with one attached hydrogen (secondary N) is 1. The average molecular weight is 420 g/mol. The van der Waals surface area contributed by atoms with E-state index >= 15 is 0 Å². The van der Waals surface area contributed by atoms with Crippen molar-refractivity contribution in [3.63, 3.8) is 0 Å². The molecule has 0 spiro atoms. The molecule has 0 unspecified atom stereocenters. The van der Waals surface area contributed by atoms with Crippen molar-refractivity contribution in [2.75, 3.05) is 11.1 Å². The van der Waals surface area contributed by atoms with E-state index in [9.17, 15) is 18.0 Å². The van der Waals surface area contributed by atoms with Gasteiger partial charge in [-0.3, -0.25) is 9.36 Å². The average Bonchev–Trinajstić information content (AvgIpc) is 3.02. The van der Waals surface area contributed by atoms with Crippen LogP contribution in [0.3, 0.4) is 0 Å². The lowest BCUT2D eigenvalue weighted by atomic mass is 10.1. The number of aryl methyl sites for hydroxylation is 3. The molecular weight excluding hydrogens is 401 g/mol. The first-order valence-corrected chi connectivity index (χ1v) is 9.74. The van der Waals surface area contributed by atoms with Gasteiger partial charge in [-0.2, -0.15) is 13.2 Å². The molecule has 152 valence electrons. The van der Waals surface area contributed by atoms with Crippen LogP contribution < -0.4 is 5.32 Å². The fourth-order valence-electron chi connectivity index (χ4n) is 2.75. The minimum Gasteiger partial charge on any atom is -0.325 e. The maximum atomic E-state index is 13.1. The molecule has 0 aliphatic carbocycles. The summed E-state index contributed by atoms with van der Waals surface area (Å²) in [6, 6.07) is 10.8. The Bertz CT molecular complexity index is 1050. The number of para-hydroxylation sites is 1. The van der Waals surface area contributed by atoms with E-state index in [2.05, 4.69) is 15.5 Å². The highest BCUT2D eigenvalue weighted by Gasteiger charge is 2.33. The number of hydrogen-bond acceptors (Lipinski definition) is 4. The number of benzene rings is 2. The standard InChI is InChI=1S/C20H19F3N4OS/c1-12-8-9-15(10-13(12)2)27-14(3)25-26-19(27)29-11-18(28)24-17-7-5-4-6-16(17)20(21,22)23/h4-10H,11H2,1-3H3,(H,24,28). The highest BCUT2D eigenvalue weighted by Crippen LogP contribution is 2.34. The van der Waals surface area contributed by atoms with Crippen molar-refractivity contribution in [2.24, 2.45) is 0 Å². The third-order valence-corrected chi connectivity index (χ3v) is 5.31. The molecule has 0 bridgehead atoms. The zero-order valence-corrected chi connectivity index (χ0v) is 16.9. The Kier molecular flexibility index (Phi) is 5.97. The van der Waals surface area contributed by atoms with E-state index < -0.39 is 17.6 Å². The number of carbonyl (C=O) groups is 1. The van der Waals surface area contributed by atoms with Gasteiger partial charge < -0.3 is 5.32 Å². The van der Waals surface area contributed by atoms with Crippen LogP contribution in [0, 0.1) is 20.8 Å². The van der Waals surface area contributed by atoms with Gasteiger partial charge in [0, 0.05) is 5.69 Å². The summed E-state index contributed by atoms with van der Waals surface area (Å²) in [5, 5.41) is 11.0. The minimum atomic E-state index is -4.54. The van der Waals surface area contributed by atoms with E-state index in [1.807, 2.05) is 36.6 Å². The third kappa shape index (κ3) is 4.79. The SMILES string of the molecule is Cc1ccc(-n2c(C)nnc2SCC(=O)Nc2ccccc2C(F)(F)F)cc1C. The van der Waals surface area contributed by atoms with Crippen LogP contribution in [0.4, 0.5) is 18.9 Å². The molecule has 0 saturated carbocycles. The lowest BCUT2D eigenvalue weighted by molar-refractivity contribution is -0.137. The van der Waals surface area contributed by atoms with Crippen LogP contribution in [0.15, 0.2) is 47.6 Å². The molecule has 0 aliphatic rings. The molecule has 0 saturated heterocycles. The second kappa shape index (κ2) is 8.28. The molecule has 1 amide bonds. The summed E-state index contributed by atoms with van der Waals surface area (Å²) in [7, 11) is 0. The largest absolute Gasteiger partial charge is 0.418 e. The molecule has 9 heteroatoms. The van der Waals surface area contributed by atoms with Gasteiger partial charge in [-0.15, -0.1) is 10.2 Å². The summed E-state index contributed by atoms with van der Waals surface area (Å²) in [6.45, 7) is 5.81. The van der Waals surface area contributed by atoms with Crippen molar-refractivity contribution in [3.8, 4) is 5.69 Å². The van der Waals surface area contributed by atoms with E-state index in [1.165, 1.54) is 18.2 Å². The Morgan fingerprint density at radius 2 is 1.79 bits per heavy atom. The summed E-state index contributed by atoms with van der Waals surface area (Å²) < 4.78 is 41.0. The van der Waals surface area contributed by atoms with Crippen molar-refractivity contribution < 1.29 is 18.0 Å². The van der Waals surface area contributed by atoms with Crippen LogP contribution in [0.25, 0.3) is 5.69 Å². The lowest BCUT2D eigenvalue weighted by Crippen LogP contribution is -2.18. The van der Waals surface area contributed by atoms with Crippen molar-refractivity contribution in [3.05, 3.63) is 65.0 Å². The molecule has 0 aliphatic heterocycles. The second-order valence-corrected chi connectivity index (χ2v) is 7.46. The predicted octanol–water partition coefficient (Wildman–Crippen LogP) is 4.94. The van der Waals surface area contributed by atoms with Gasteiger partial charge in [0.2, 0.25) is 5.91 Å². The van der Waals surface area contributed by atoms with Crippen LogP contribution in [0.1, 0.15) is 22.5 Å². The first-order chi connectivity index (χ1) is 13.7. The zero-order valence-electron chi connectivity index (χ0n) is 16.0. The molecule has 5 nitrogen and oxygen atoms in total. The van der Waals surface area contributed by atoms with Crippen molar-refractivity contribution in [1.82, 2.24) is 14.8 Å². The molecule has 3 aromatic rings. The minimum absolute atomic E-state index is 0.102. The summed E-state index contributed by atoms with van der Waals surface area (Å²) in [4.78, 5) is 12.3. The Hall–Kier alpha value is -2.81. The molecule has 0 fully saturated rings. The van der Waals surface area contributed by atoms with E-state index in [0.717, 1.165) is 34.6 Å². The normalized spacial score (nSPS) is 11.5. The number of nitrogens with zero attached hydrogens (tertiary/aromatic N) is 3. The topological polar surface area (TPSA) is 59.8 Å². The summed E-state index contributed by atoms with van der Waals surface area (Å²) >= 11 is 1.11. The molecule has 3 rings (SSSR count). The lowest BCUT2D eigenvalue weighted by Gasteiger charge is -2.13. The first kappa shape index (κ1) is 20.9. The second-order valence-electron chi connectivity index (χ2n) is 6.51. The highest BCUT2D eigenvalue weighted by atomic mass is 32.2. The number of alkyl halides is 3. The van der Waals surface area contributed by atoms with Crippen LogP contribution in [-0.2, 0) is 11.0 Å². The number of thioether (sulfide) groups is 1. The van der Waals surface area contributed by atoms with Crippen molar-refractivity contribution in [2.45, 2.75) is 32.1 Å². The number of hydrogen-bond donors (Lipinski definition) is 1. The van der Waals surface area contributed by atoms with Crippen molar-refractivity contribution in [1.29, 1.82) is 0 Å². The Morgan fingerprint density at radius 1 is 1.07 bits per heavy atom. The van der Waals surface area contributed by atoms with Crippen LogP contribution >= 0.6 is 11.8 Å². The van der Waals surface area contributed by atoms with Gasteiger partial charge >= 0.3 is 6.18 Å². The van der Waals surface area contributed by atoms with Gasteiger partial charge in [-0.05, 0) is 56.2 Å².